The van der Waals surface area contributed by atoms with Gasteiger partial charge in [0.25, 0.3) is 0 Å². The highest BCUT2D eigenvalue weighted by Crippen LogP contribution is 2.21. The zero-order valence-corrected chi connectivity index (χ0v) is 11.0. The van der Waals surface area contributed by atoms with Gasteiger partial charge in [-0.2, -0.15) is 5.10 Å². The Hall–Kier alpha value is -2.38. The van der Waals surface area contributed by atoms with Crippen LogP contribution >= 0.6 is 0 Å². The molecule has 1 unspecified atom stereocenters. The number of aliphatic hydroxyl groups excluding tert-OH is 1. The summed E-state index contributed by atoms with van der Waals surface area (Å²) < 4.78 is 2.21. The van der Waals surface area contributed by atoms with Gasteiger partial charge in [-0.3, -0.25) is 4.57 Å². The SMILES string of the molecule is CC(=N)/C=C(\O)Cn1nc2n(c1=O)C(C(=O)O)CCC2. The molecule has 1 atom stereocenters. The van der Waals surface area contributed by atoms with Crippen LogP contribution < -0.4 is 5.69 Å². The number of fused-ring (bicyclic) bond motifs is 1. The number of aromatic nitrogens is 3. The fourth-order valence-electron chi connectivity index (χ4n) is 2.32. The number of rotatable bonds is 4. The monoisotopic (exact) mass is 280 g/mol. The van der Waals surface area contributed by atoms with Gasteiger partial charge in [0.05, 0.1) is 0 Å². The first-order valence-corrected chi connectivity index (χ1v) is 6.26. The molecule has 0 aliphatic carbocycles. The summed E-state index contributed by atoms with van der Waals surface area (Å²) in [5, 5.41) is 30.1. The number of aliphatic hydroxyl groups is 1. The van der Waals surface area contributed by atoms with Gasteiger partial charge in [-0.25, -0.2) is 14.3 Å². The summed E-state index contributed by atoms with van der Waals surface area (Å²) in [6.45, 7) is 1.33. The van der Waals surface area contributed by atoms with Crippen LogP contribution in [0, 0.1) is 5.41 Å². The molecule has 8 nitrogen and oxygen atoms in total. The fraction of sp³-hybridized carbons (Fsp3) is 0.500. The van der Waals surface area contributed by atoms with Crippen molar-refractivity contribution in [1.29, 1.82) is 5.41 Å². The highest BCUT2D eigenvalue weighted by Gasteiger charge is 2.30. The quantitative estimate of drug-likeness (QED) is 0.547. The van der Waals surface area contributed by atoms with Crippen LogP contribution in [0.5, 0.6) is 0 Å². The topological polar surface area (TPSA) is 121 Å². The van der Waals surface area contributed by atoms with E-state index in [1.54, 1.807) is 0 Å². The lowest BCUT2D eigenvalue weighted by atomic mass is 10.1. The van der Waals surface area contributed by atoms with Crippen molar-refractivity contribution >= 4 is 11.7 Å². The van der Waals surface area contributed by atoms with Gasteiger partial charge in [0.2, 0.25) is 0 Å². The van der Waals surface area contributed by atoms with Gasteiger partial charge in [-0.15, -0.1) is 0 Å². The van der Waals surface area contributed by atoms with Gasteiger partial charge < -0.3 is 15.6 Å². The van der Waals surface area contributed by atoms with Crippen molar-refractivity contribution in [2.75, 3.05) is 0 Å². The first-order chi connectivity index (χ1) is 9.40. The summed E-state index contributed by atoms with van der Waals surface area (Å²) >= 11 is 0. The number of nitrogens with one attached hydrogen (secondary N) is 1. The van der Waals surface area contributed by atoms with Crippen LogP contribution in [0.25, 0.3) is 0 Å². The van der Waals surface area contributed by atoms with E-state index >= 15 is 0 Å². The van der Waals surface area contributed by atoms with Crippen molar-refractivity contribution in [3.05, 3.63) is 28.1 Å². The molecule has 0 radical (unpaired) electrons. The number of aliphatic carboxylic acids is 1. The summed E-state index contributed by atoms with van der Waals surface area (Å²) in [4.78, 5) is 23.3. The van der Waals surface area contributed by atoms with E-state index in [4.69, 9.17) is 10.5 Å². The molecule has 108 valence electrons. The summed E-state index contributed by atoms with van der Waals surface area (Å²) in [7, 11) is 0. The number of carboxylic acid groups (broad SMARTS) is 1. The van der Waals surface area contributed by atoms with E-state index in [1.807, 2.05) is 0 Å². The number of aryl methyl sites for hydroxylation is 1. The van der Waals surface area contributed by atoms with E-state index in [0.29, 0.717) is 25.1 Å². The molecule has 1 aromatic heterocycles. The van der Waals surface area contributed by atoms with Gasteiger partial charge >= 0.3 is 11.7 Å². The van der Waals surface area contributed by atoms with Crippen molar-refractivity contribution < 1.29 is 15.0 Å². The highest BCUT2D eigenvalue weighted by atomic mass is 16.4. The Balaban J connectivity index is 2.37. The second kappa shape index (κ2) is 5.32. The fourth-order valence-corrected chi connectivity index (χ4v) is 2.32. The Labute approximate surface area is 114 Å². The first kappa shape index (κ1) is 14.0. The van der Waals surface area contributed by atoms with Gasteiger partial charge in [-0.05, 0) is 25.8 Å². The lowest BCUT2D eigenvalue weighted by Crippen LogP contribution is -2.34. The molecule has 0 saturated heterocycles. The van der Waals surface area contributed by atoms with Crippen LogP contribution in [0.4, 0.5) is 0 Å². The summed E-state index contributed by atoms with van der Waals surface area (Å²) in [5.74, 6) is -0.794. The Bertz CT molecular complexity index is 640. The van der Waals surface area contributed by atoms with Crippen molar-refractivity contribution in [2.45, 2.75) is 38.8 Å². The van der Waals surface area contributed by atoms with Gasteiger partial charge in [0.15, 0.2) is 0 Å². The Morgan fingerprint density at radius 1 is 1.55 bits per heavy atom. The maximum absolute atomic E-state index is 12.2. The lowest BCUT2D eigenvalue weighted by molar-refractivity contribution is -0.141. The second-order valence-corrected chi connectivity index (χ2v) is 4.79. The van der Waals surface area contributed by atoms with E-state index in [-0.39, 0.29) is 18.0 Å². The minimum atomic E-state index is -1.05. The standard InChI is InChI=1S/C12H16N4O4/c1-7(13)5-8(17)6-15-12(20)16-9(11(18)19)3-2-4-10(16)14-15/h5,9,13,17H,2-4,6H2,1H3,(H,18,19)/b8-5-,13-7?. The van der Waals surface area contributed by atoms with Gasteiger partial charge in [-0.1, -0.05) is 0 Å². The second-order valence-electron chi connectivity index (χ2n) is 4.79. The third kappa shape index (κ3) is 2.63. The van der Waals surface area contributed by atoms with E-state index in [1.165, 1.54) is 17.6 Å². The minimum absolute atomic E-state index is 0.155. The third-order valence-corrected chi connectivity index (χ3v) is 3.11. The molecule has 0 saturated carbocycles. The number of allylic oxidation sites excluding steroid dienone is 2. The highest BCUT2D eigenvalue weighted by molar-refractivity contribution is 5.90. The largest absolute Gasteiger partial charge is 0.510 e. The molecule has 1 aliphatic rings. The molecule has 1 aromatic rings. The van der Waals surface area contributed by atoms with E-state index in [2.05, 4.69) is 5.10 Å². The maximum atomic E-state index is 12.2. The zero-order valence-electron chi connectivity index (χ0n) is 11.0. The van der Waals surface area contributed by atoms with Gasteiger partial charge in [0.1, 0.15) is 24.2 Å². The average molecular weight is 280 g/mol. The molecule has 0 spiro atoms. The Morgan fingerprint density at radius 3 is 2.85 bits per heavy atom. The molecule has 2 heterocycles. The summed E-state index contributed by atoms with van der Waals surface area (Å²) in [5.41, 5.74) is -0.391. The van der Waals surface area contributed by atoms with Crippen molar-refractivity contribution in [2.24, 2.45) is 0 Å². The van der Waals surface area contributed by atoms with Crippen molar-refractivity contribution in [1.82, 2.24) is 14.3 Å². The van der Waals surface area contributed by atoms with Crippen LogP contribution in [-0.4, -0.2) is 36.2 Å². The van der Waals surface area contributed by atoms with Gasteiger partial charge in [0, 0.05) is 12.1 Å². The van der Waals surface area contributed by atoms with Crippen LogP contribution in [-0.2, 0) is 17.8 Å². The molecule has 0 aromatic carbocycles. The first-order valence-electron chi connectivity index (χ1n) is 6.26. The summed E-state index contributed by atoms with van der Waals surface area (Å²) in [6.07, 6.45) is 2.82. The molecule has 2 rings (SSSR count). The van der Waals surface area contributed by atoms with Crippen LogP contribution in [0.1, 0.15) is 31.6 Å². The Morgan fingerprint density at radius 2 is 2.25 bits per heavy atom. The normalized spacial score (nSPS) is 18.6. The molecule has 0 amide bonds. The van der Waals surface area contributed by atoms with Crippen molar-refractivity contribution in [3.63, 3.8) is 0 Å². The maximum Gasteiger partial charge on any atom is 0.347 e. The molecule has 0 bridgehead atoms. The number of carbonyl (C=O) groups is 1. The smallest absolute Gasteiger partial charge is 0.347 e. The van der Waals surface area contributed by atoms with Crippen LogP contribution in [0.15, 0.2) is 16.6 Å². The molecule has 20 heavy (non-hydrogen) atoms. The number of hydrogen-bond acceptors (Lipinski definition) is 5. The number of hydrogen-bond donors (Lipinski definition) is 3. The number of carboxylic acids is 1. The predicted octanol–water partition coefficient (Wildman–Crippen LogP) is 0.488. The molecule has 1 aliphatic heterocycles. The van der Waals surface area contributed by atoms with Crippen molar-refractivity contribution in [3.8, 4) is 0 Å². The molecular weight excluding hydrogens is 264 g/mol. The molecule has 8 heteroatoms. The predicted molar refractivity (Wildman–Crippen MR) is 70.2 cm³/mol. The molecule has 3 N–H and O–H groups in total. The third-order valence-electron chi connectivity index (χ3n) is 3.11. The molecule has 0 fully saturated rings. The summed E-state index contributed by atoms with van der Waals surface area (Å²) in [6, 6.07) is -0.893. The lowest BCUT2D eigenvalue weighted by Gasteiger charge is -2.19. The Kier molecular flexibility index (Phi) is 3.73. The number of nitrogens with zero attached hydrogens (tertiary/aromatic N) is 3. The van der Waals surface area contributed by atoms with E-state index in [0.717, 1.165) is 4.68 Å². The van der Waals surface area contributed by atoms with E-state index in [9.17, 15) is 14.7 Å². The van der Waals surface area contributed by atoms with Crippen LogP contribution in [0.2, 0.25) is 0 Å². The minimum Gasteiger partial charge on any atom is -0.510 e. The van der Waals surface area contributed by atoms with Crippen LogP contribution in [0.3, 0.4) is 0 Å². The zero-order chi connectivity index (χ0) is 14.9. The average Bonchev–Trinajstić information content (AvgIpc) is 2.65. The van der Waals surface area contributed by atoms with E-state index < -0.39 is 17.7 Å². The molecular formula is C12H16N4O4.